The lowest BCUT2D eigenvalue weighted by Gasteiger charge is -2.19. The summed E-state index contributed by atoms with van der Waals surface area (Å²) in [6.45, 7) is 5.73. The van der Waals surface area contributed by atoms with Gasteiger partial charge in [-0.05, 0) is 31.7 Å². The van der Waals surface area contributed by atoms with Gasteiger partial charge in [0.15, 0.2) is 0 Å². The van der Waals surface area contributed by atoms with Gasteiger partial charge in [-0.3, -0.25) is 4.79 Å². The van der Waals surface area contributed by atoms with Crippen molar-refractivity contribution in [1.82, 2.24) is 14.9 Å². The molecule has 0 saturated heterocycles. The molecule has 2 aromatic heterocycles. The fourth-order valence-corrected chi connectivity index (χ4v) is 2.92. The summed E-state index contributed by atoms with van der Waals surface area (Å²) in [4.78, 5) is 23.3. The molecule has 0 aliphatic rings. The molecule has 0 saturated carbocycles. The summed E-state index contributed by atoms with van der Waals surface area (Å²) in [5, 5.41) is 6.26. The van der Waals surface area contributed by atoms with Crippen molar-refractivity contribution in [2.24, 2.45) is 0 Å². The molecule has 102 valence electrons. The van der Waals surface area contributed by atoms with Crippen LogP contribution in [0.2, 0.25) is 0 Å². The zero-order valence-electron chi connectivity index (χ0n) is 11.8. The van der Waals surface area contributed by atoms with Crippen LogP contribution in [0.3, 0.4) is 0 Å². The second-order valence-corrected chi connectivity index (χ2v) is 5.68. The maximum atomic E-state index is 11.9. The monoisotopic (exact) mass is 278 g/mol. The molecule has 0 aliphatic carbocycles. The van der Waals surface area contributed by atoms with Gasteiger partial charge in [-0.15, -0.1) is 11.3 Å². The van der Waals surface area contributed by atoms with E-state index in [1.165, 1.54) is 0 Å². The number of thiophene rings is 1. The maximum absolute atomic E-state index is 11.9. The first-order valence-electron chi connectivity index (χ1n) is 6.10. The van der Waals surface area contributed by atoms with Gasteiger partial charge < -0.3 is 10.2 Å². The smallest absolute Gasteiger partial charge is 0.244 e. The number of aryl methyl sites for hydroxylation is 2. The number of anilines is 1. The Morgan fingerprint density at radius 3 is 2.68 bits per heavy atom. The molecular formula is C13H18N4OS. The molecule has 2 heterocycles. The Kier molecular flexibility index (Phi) is 3.71. The summed E-state index contributed by atoms with van der Waals surface area (Å²) < 4.78 is 0. The Balaban J connectivity index is 2.39. The van der Waals surface area contributed by atoms with Gasteiger partial charge in [-0.25, -0.2) is 9.97 Å². The number of carbonyl (C=O) groups is 1. The number of aromatic nitrogens is 2. The van der Waals surface area contributed by atoms with Crippen LogP contribution < -0.4 is 5.32 Å². The molecule has 19 heavy (non-hydrogen) atoms. The van der Waals surface area contributed by atoms with Crippen LogP contribution in [0.25, 0.3) is 10.2 Å². The van der Waals surface area contributed by atoms with Crippen molar-refractivity contribution in [3.63, 3.8) is 0 Å². The van der Waals surface area contributed by atoms with Crippen LogP contribution in [0.1, 0.15) is 18.3 Å². The van der Waals surface area contributed by atoms with Gasteiger partial charge in [-0.2, -0.15) is 0 Å². The van der Waals surface area contributed by atoms with E-state index in [4.69, 9.17) is 0 Å². The lowest BCUT2D eigenvalue weighted by molar-refractivity contribution is -0.129. The standard InChI is InChI=1S/C13H18N4OS/c1-7-6-19-12-10(7)11(15-9(3)16-12)14-8(2)13(18)17(4)5/h6,8H,1-5H3,(H,14,15,16)/t8-/m0/s1. The highest BCUT2D eigenvalue weighted by molar-refractivity contribution is 7.17. The zero-order chi connectivity index (χ0) is 14.2. The molecule has 0 aliphatic heterocycles. The summed E-state index contributed by atoms with van der Waals surface area (Å²) in [6, 6.07) is -0.313. The van der Waals surface area contributed by atoms with Crippen molar-refractivity contribution in [3.8, 4) is 0 Å². The Bertz CT molecular complexity index is 620. The Morgan fingerprint density at radius 1 is 1.37 bits per heavy atom. The quantitative estimate of drug-likeness (QED) is 0.935. The van der Waals surface area contributed by atoms with Crippen molar-refractivity contribution in [1.29, 1.82) is 0 Å². The zero-order valence-corrected chi connectivity index (χ0v) is 12.6. The predicted octanol–water partition coefficient (Wildman–Crippen LogP) is 2.20. The third-order valence-corrected chi connectivity index (χ3v) is 3.88. The van der Waals surface area contributed by atoms with Crippen LogP contribution in [-0.4, -0.2) is 40.9 Å². The normalized spacial score (nSPS) is 12.5. The van der Waals surface area contributed by atoms with Crippen molar-refractivity contribution < 1.29 is 4.79 Å². The number of nitrogens with one attached hydrogen (secondary N) is 1. The van der Waals surface area contributed by atoms with Crippen molar-refractivity contribution in [2.75, 3.05) is 19.4 Å². The fourth-order valence-electron chi connectivity index (χ4n) is 1.95. The van der Waals surface area contributed by atoms with Gasteiger partial charge in [0, 0.05) is 14.1 Å². The highest BCUT2D eigenvalue weighted by atomic mass is 32.1. The van der Waals surface area contributed by atoms with Crippen molar-refractivity contribution in [3.05, 3.63) is 16.8 Å². The van der Waals surface area contributed by atoms with Gasteiger partial charge in [0.05, 0.1) is 5.39 Å². The van der Waals surface area contributed by atoms with Crippen LogP contribution >= 0.6 is 11.3 Å². The lowest BCUT2D eigenvalue weighted by atomic mass is 10.2. The molecule has 0 radical (unpaired) electrons. The van der Waals surface area contributed by atoms with E-state index in [2.05, 4.69) is 20.7 Å². The van der Waals surface area contributed by atoms with Crippen LogP contribution in [0.4, 0.5) is 5.82 Å². The molecule has 0 spiro atoms. The molecule has 2 rings (SSSR count). The Labute approximate surface area is 116 Å². The minimum atomic E-state index is -0.313. The lowest BCUT2D eigenvalue weighted by Crippen LogP contribution is -2.36. The molecule has 6 heteroatoms. The first-order chi connectivity index (χ1) is 8.90. The van der Waals surface area contributed by atoms with Crippen LogP contribution in [0.15, 0.2) is 5.38 Å². The van der Waals surface area contributed by atoms with Crippen molar-refractivity contribution >= 4 is 33.3 Å². The van der Waals surface area contributed by atoms with Crippen molar-refractivity contribution in [2.45, 2.75) is 26.8 Å². The molecule has 0 unspecified atom stereocenters. The highest BCUT2D eigenvalue weighted by Gasteiger charge is 2.18. The summed E-state index contributed by atoms with van der Waals surface area (Å²) in [5.41, 5.74) is 1.13. The number of hydrogen-bond acceptors (Lipinski definition) is 5. The SMILES string of the molecule is Cc1nc(N[C@@H](C)C(=O)N(C)C)c2c(C)csc2n1. The molecule has 5 nitrogen and oxygen atoms in total. The first-order valence-corrected chi connectivity index (χ1v) is 6.98. The molecule has 1 amide bonds. The second-order valence-electron chi connectivity index (χ2n) is 4.82. The number of hydrogen-bond donors (Lipinski definition) is 1. The molecular weight excluding hydrogens is 260 g/mol. The highest BCUT2D eigenvalue weighted by Crippen LogP contribution is 2.29. The van der Waals surface area contributed by atoms with Crippen LogP contribution in [0, 0.1) is 13.8 Å². The number of nitrogens with zero attached hydrogens (tertiary/aromatic N) is 3. The maximum Gasteiger partial charge on any atom is 0.244 e. The summed E-state index contributed by atoms with van der Waals surface area (Å²) in [5.74, 6) is 1.47. The number of rotatable bonds is 3. The number of fused-ring (bicyclic) bond motifs is 1. The fraction of sp³-hybridized carbons (Fsp3) is 0.462. The van der Waals surface area contributed by atoms with Gasteiger partial charge in [-0.1, -0.05) is 0 Å². The second kappa shape index (κ2) is 5.13. The third kappa shape index (κ3) is 2.68. The molecule has 0 aromatic carbocycles. The average molecular weight is 278 g/mol. The molecule has 0 fully saturated rings. The minimum Gasteiger partial charge on any atom is -0.358 e. The largest absolute Gasteiger partial charge is 0.358 e. The van der Waals surface area contributed by atoms with Gasteiger partial charge >= 0.3 is 0 Å². The molecule has 1 atom stereocenters. The van der Waals surface area contributed by atoms with Gasteiger partial charge in [0.25, 0.3) is 0 Å². The van der Waals surface area contributed by atoms with Gasteiger partial charge in [0.2, 0.25) is 5.91 Å². The van der Waals surface area contributed by atoms with E-state index in [0.29, 0.717) is 5.82 Å². The molecule has 0 bridgehead atoms. The van der Waals surface area contributed by atoms with E-state index in [9.17, 15) is 4.79 Å². The number of likely N-dealkylation sites (N-methyl/N-ethyl adjacent to an activating group) is 1. The van der Waals surface area contributed by atoms with Crippen LogP contribution in [-0.2, 0) is 4.79 Å². The third-order valence-electron chi connectivity index (χ3n) is 2.89. The predicted molar refractivity (Wildman–Crippen MR) is 78.7 cm³/mol. The van der Waals surface area contributed by atoms with E-state index in [1.807, 2.05) is 20.8 Å². The van der Waals surface area contributed by atoms with E-state index in [0.717, 1.165) is 21.6 Å². The van der Waals surface area contributed by atoms with E-state index in [1.54, 1.807) is 30.3 Å². The first kappa shape index (κ1) is 13.7. The van der Waals surface area contributed by atoms with E-state index < -0.39 is 0 Å². The number of carbonyl (C=O) groups excluding carboxylic acids is 1. The van der Waals surface area contributed by atoms with E-state index in [-0.39, 0.29) is 11.9 Å². The summed E-state index contributed by atoms with van der Waals surface area (Å²) in [7, 11) is 3.49. The Morgan fingerprint density at radius 2 is 2.05 bits per heavy atom. The minimum absolute atomic E-state index is 0.0253. The van der Waals surface area contributed by atoms with Gasteiger partial charge in [0.1, 0.15) is 22.5 Å². The topological polar surface area (TPSA) is 58.1 Å². The number of amides is 1. The molecule has 1 N–H and O–H groups in total. The summed E-state index contributed by atoms with van der Waals surface area (Å²) >= 11 is 1.60. The Hall–Kier alpha value is -1.69. The molecule has 2 aromatic rings. The summed E-state index contributed by atoms with van der Waals surface area (Å²) in [6.07, 6.45) is 0. The van der Waals surface area contributed by atoms with Crippen LogP contribution in [0.5, 0.6) is 0 Å². The van der Waals surface area contributed by atoms with E-state index >= 15 is 0 Å². The average Bonchev–Trinajstić information content (AvgIpc) is 2.69.